The van der Waals surface area contributed by atoms with Crippen LogP contribution >= 0.6 is 0 Å². The van der Waals surface area contributed by atoms with Crippen LogP contribution in [-0.2, 0) is 4.74 Å². The molecule has 2 aliphatic rings. The third-order valence-electron chi connectivity index (χ3n) is 4.35. The maximum atomic E-state index is 12.4. The summed E-state index contributed by atoms with van der Waals surface area (Å²) in [6.07, 6.45) is 8.95. The van der Waals surface area contributed by atoms with E-state index in [1.54, 1.807) is 0 Å². The van der Waals surface area contributed by atoms with Crippen LogP contribution in [0.5, 0.6) is 0 Å². The van der Waals surface area contributed by atoms with Gasteiger partial charge in [0.1, 0.15) is 0 Å². The topological polar surface area (TPSA) is 41.6 Å². The van der Waals surface area contributed by atoms with Crippen molar-refractivity contribution in [2.45, 2.75) is 70.4 Å². The van der Waals surface area contributed by atoms with Crippen molar-refractivity contribution in [3.63, 3.8) is 0 Å². The molecule has 110 valence electrons. The van der Waals surface area contributed by atoms with Gasteiger partial charge in [0.15, 0.2) is 0 Å². The number of nitrogens with zero attached hydrogens (tertiary/aromatic N) is 1. The lowest BCUT2D eigenvalue weighted by molar-refractivity contribution is 0.0577. The van der Waals surface area contributed by atoms with Crippen molar-refractivity contribution in [3.05, 3.63) is 0 Å². The summed E-state index contributed by atoms with van der Waals surface area (Å²) in [5.74, 6) is 0. The first kappa shape index (κ1) is 14.6. The molecule has 2 fully saturated rings. The van der Waals surface area contributed by atoms with Crippen molar-refractivity contribution < 1.29 is 9.53 Å². The molecule has 0 radical (unpaired) electrons. The zero-order valence-corrected chi connectivity index (χ0v) is 12.2. The zero-order valence-electron chi connectivity index (χ0n) is 12.2. The molecule has 0 spiro atoms. The van der Waals surface area contributed by atoms with Gasteiger partial charge in [-0.3, -0.25) is 0 Å². The predicted molar refractivity (Wildman–Crippen MR) is 76.2 cm³/mol. The van der Waals surface area contributed by atoms with Gasteiger partial charge in [0, 0.05) is 12.1 Å². The van der Waals surface area contributed by atoms with Crippen LogP contribution in [0.15, 0.2) is 0 Å². The van der Waals surface area contributed by atoms with E-state index in [1.807, 2.05) is 0 Å². The Hall–Kier alpha value is -0.770. The van der Waals surface area contributed by atoms with E-state index in [1.165, 1.54) is 12.8 Å². The average Bonchev–Trinajstić information content (AvgIpc) is 2.94. The number of hydrogen-bond donors (Lipinski definition) is 1. The van der Waals surface area contributed by atoms with Gasteiger partial charge in [0.05, 0.1) is 6.61 Å². The second-order valence-corrected chi connectivity index (χ2v) is 5.79. The molecule has 1 N–H and O–H groups in total. The molecular weight excluding hydrogens is 240 g/mol. The number of carbonyl (C=O) groups excluding carboxylic acids is 1. The SMILES string of the molecule is CCCCOC(=O)N(C1CCCC1)C1CCNCC1. The standard InChI is InChI=1S/C15H28N2O2/c1-2-3-12-19-15(18)17(13-6-4-5-7-13)14-8-10-16-11-9-14/h13-14,16H,2-12H2,1H3. The highest BCUT2D eigenvalue weighted by Gasteiger charge is 2.34. The van der Waals surface area contributed by atoms with Crippen LogP contribution in [0.2, 0.25) is 0 Å². The first-order chi connectivity index (χ1) is 9.33. The highest BCUT2D eigenvalue weighted by molar-refractivity contribution is 5.68. The zero-order chi connectivity index (χ0) is 13.5. The molecule has 4 nitrogen and oxygen atoms in total. The molecular formula is C15H28N2O2. The first-order valence-electron chi connectivity index (χ1n) is 7.98. The minimum Gasteiger partial charge on any atom is -0.449 e. The normalized spacial score (nSPS) is 21.5. The van der Waals surface area contributed by atoms with Gasteiger partial charge in [-0.05, 0) is 45.2 Å². The number of amides is 1. The third-order valence-corrected chi connectivity index (χ3v) is 4.35. The Balaban J connectivity index is 1.93. The Kier molecular flexibility index (Phi) is 5.95. The Morgan fingerprint density at radius 1 is 1.16 bits per heavy atom. The predicted octanol–water partition coefficient (Wildman–Crippen LogP) is 2.92. The molecule has 1 aliphatic carbocycles. The monoisotopic (exact) mass is 268 g/mol. The maximum Gasteiger partial charge on any atom is 0.410 e. The van der Waals surface area contributed by atoms with Crippen LogP contribution < -0.4 is 5.32 Å². The van der Waals surface area contributed by atoms with E-state index >= 15 is 0 Å². The van der Waals surface area contributed by atoms with E-state index in [2.05, 4.69) is 17.1 Å². The van der Waals surface area contributed by atoms with Gasteiger partial charge >= 0.3 is 6.09 Å². The quantitative estimate of drug-likeness (QED) is 0.780. The molecule has 1 aliphatic heterocycles. The fourth-order valence-corrected chi connectivity index (χ4v) is 3.24. The number of hydrogen-bond acceptors (Lipinski definition) is 3. The third kappa shape index (κ3) is 4.10. The van der Waals surface area contributed by atoms with E-state index < -0.39 is 0 Å². The molecule has 0 aromatic heterocycles. The molecule has 0 unspecified atom stereocenters. The molecule has 2 rings (SSSR count). The van der Waals surface area contributed by atoms with Gasteiger partial charge in [-0.25, -0.2) is 4.79 Å². The first-order valence-corrected chi connectivity index (χ1v) is 7.98. The summed E-state index contributed by atoms with van der Waals surface area (Å²) in [7, 11) is 0. The molecule has 4 heteroatoms. The fraction of sp³-hybridized carbons (Fsp3) is 0.933. The van der Waals surface area contributed by atoms with Crippen LogP contribution in [0.3, 0.4) is 0 Å². The molecule has 1 amide bonds. The molecule has 0 atom stereocenters. The molecule has 0 bridgehead atoms. The van der Waals surface area contributed by atoms with Gasteiger partial charge in [0.2, 0.25) is 0 Å². The van der Waals surface area contributed by atoms with Crippen molar-refractivity contribution in [2.75, 3.05) is 19.7 Å². The number of piperidine rings is 1. The second kappa shape index (κ2) is 7.73. The Morgan fingerprint density at radius 3 is 2.42 bits per heavy atom. The highest BCUT2D eigenvalue weighted by Crippen LogP contribution is 2.28. The van der Waals surface area contributed by atoms with Crippen LogP contribution in [0.1, 0.15) is 58.3 Å². The van der Waals surface area contributed by atoms with E-state index in [9.17, 15) is 4.79 Å². The van der Waals surface area contributed by atoms with Crippen LogP contribution in [0.4, 0.5) is 4.79 Å². The summed E-state index contributed by atoms with van der Waals surface area (Å²) < 4.78 is 5.48. The minimum atomic E-state index is -0.0627. The molecule has 1 saturated carbocycles. The fourth-order valence-electron chi connectivity index (χ4n) is 3.24. The molecule has 19 heavy (non-hydrogen) atoms. The van der Waals surface area contributed by atoms with Gasteiger partial charge in [-0.2, -0.15) is 0 Å². The molecule has 0 aromatic carbocycles. The van der Waals surface area contributed by atoms with Gasteiger partial charge < -0.3 is 15.0 Å². The minimum absolute atomic E-state index is 0.0627. The number of rotatable bonds is 5. The van der Waals surface area contributed by atoms with Gasteiger partial charge in [0.25, 0.3) is 0 Å². The number of unbranched alkanes of at least 4 members (excludes halogenated alkanes) is 1. The van der Waals surface area contributed by atoms with Crippen molar-refractivity contribution in [1.29, 1.82) is 0 Å². The van der Waals surface area contributed by atoms with E-state index in [0.717, 1.165) is 51.6 Å². The summed E-state index contributed by atoms with van der Waals surface area (Å²) in [5.41, 5.74) is 0. The summed E-state index contributed by atoms with van der Waals surface area (Å²) in [4.78, 5) is 14.5. The highest BCUT2D eigenvalue weighted by atomic mass is 16.6. The summed E-state index contributed by atoms with van der Waals surface area (Å²) in [6.45, 7) is 4.74. The van der Waals surface area contributed by atoms with E-state index in [4.69, 9.17) is 4.74 Å². The van der Waals surface area contributed by atoms with Gasteiger partial charge in [-0.15, -0.1) is 0 Å². The summed E-state index contributed by atoms with van der Waals surface area (Å²) >= 11 is 0. The Morgan fingerprint density at radius 2 is 1.79 bits per heavy atom. The molecule has 1 saturated heterocycles. The lowest BCUT2D eigenvalue weighted by atomic mass is 10.0. The average molecular weight is 268 g/mol. The van der Waals surface area contributed by atoms with Crippen molar-refractivity contribution in [3.8, 4) is 0 Å². The number of nitrogens with one attached hydrogen (secondary N) is 1. The Bertz CT molecular complexity index is 271. The largest absolute Gasteiger partial charge is 0.449 e. The number of ether oxygens (including phenoxy) is 1. The van der Waals surface area contributed by atoms with E-state index in [0.29, 0.717) is 18.7 Å². The van der Waals surface area contributed by atoms with E-state index in [-0.39, 0.29) is 6.09 Å². The maximum absolute atomic E-state index is 12.4. The van der Waals surface area contributed by atoms with Crippen LogP contribution in [-0.4, -0.2) is 42.8 Å². The lowest BCUT2D eigenvalue weighted by Crippen LogP contribution is -2.50. The van der Waals surface area contributed by atoms with Crippen molar-refractivity contribution >= 4 is 6.09 Å². The van der Waals surface area contributed by atoms with Crippen molar-refractivity contribution in [2.24, 2.45) is 0 Å². The second-order valence-electron chi connectivity index (χ2n) is 5.79. The Labute approximate surface area is 116 Å². The van der Waals surface area contributed by atoms with Crippen LogP contribution in [0, 0.1) is 0 Å². The molecule has 0 aromatic rings. The lowest BCUT2D eigenvalue weighted by Gasteiger charge is -2.38. The smallest absolute Gasteiger partial charge is 0.410 e. The number of carbonyl (C=O) groups is 1. The van der Waals surface area contributed by atoms with Crippen molar-refractivity contribution in [1.82, 2.24) is 10.2 Å². The summed E-state index contributed by atoms with van der Waals surface area (Å²) in [6, 6.07) is 0.815. The molecule has 1 heterocycles. The van der Waals surface area contributed by atoms with Crippen LogP contribution in [0.25, 0.3) is 0 Å². The summed E-state index contributed by atoms with van der Waals surface area (Å²) in [5, 5.41) is 3.37. The van der Waals surface area contributed by atoms with Gasteiger partial charge in [-0.1, -0.05) is 26.2 Å².